The number of hydrogen-bond acceptors (Lipinski definition) is 2. The van der Waals surface area contributed by atoms with Gasteiger partial charge in [-0.15, -0.1) is 0 Å². The minimum atomic E-state index is -0.0227. The number of benzene rings is 2. The molecule has 0 unspecified atom stereocenters. The van der Waals surface area contributed by atoms with E-state index >= 15 is 0 Å². The SMILES string of the molecule is O=C(c1cc2cc(Cl)ccc2o1)N1CCC(Cc2ccccc2)CC1. The summed E-state index contributed by atoms with van der Waals surface area (Å²) in [5, 5.41) is 1.52. The zero-order valence-electron chi connectivity index (χ0n) is 14.0. The van der Waals surface area contributed by atoms with E-state index in [1.165, 1.54) is 5.56 Å². The molecule has 1 amide bonds. The third kappa shape index (κ3) is 3.57. The van der Waals surface area contributed by atoms with Crippen molar-refractivity contribution in [3.05, 3.63) is 70.9 Å². The second-order valence-corrected chi connectivity index (χ2v) is 7.15. The molecule has 0 atom stereocenters. The van der Waals surface area contributed by atoms with Crippen molar-refractivity contribution in [2.75, 3.05) is 13.1 Å². The lowest BCUT2D eigenvalue weighted by Crippen LogP contribution is -2.38. The molecule has 1 saturated heterocycles. The highest BCUT2D eigenvalue weighted by Crippen LogP contribution is 2.26. The van der Waals surface area contributed by atoms with Crippen LogP contribution in [0, 0.1) is 5.92 Å². The molecule has 1 aliphatic heterocycles. The highest BCUT2D eigenvalue weighted by atomic mass is 35.5. The van der Waals surface area contributed by atoms with Crippen LogP contribution in [0.4, 0.5) is 0 Å². The normalized spacial score (nSPS) is 15.6. The number of fused-ring (bicyclic) bond motifs is 1. The van der Waals surface area contributed by atoms with Gasteiger partial charge < -0.3 is 9.32 Å². The van der Waals surface area contributed by atoms with E-state index in [-0.39, 0.29) is 5.91 Å². The molecule has 0 bridgehead atoms. The Bertz CT molecular complexity index is 879. The lowest BCUT2D eigenvalue weighted by molar-refractivity contribution is 0.0661. The van der Waals surface area contributed by atoms with E-state index in [0.29, 0.717) is 22.3 Å². The van der Waals surface area contributed by atoms with Gasteiger partial charge in [0.25, 0.3) is 5.91 Å². The number of piperidine rings is 1. The standard InChI is InChI=1S/C21H20ClNO2/c22-18-6-7-19-17(13-18)14-20(25-19)21(24)23-10-8-16(9-11-23)12-15-4-2-1-3-5-15/h1-7,13-14,16H,8-12H2. The molecule has 0 N–H and O–H groups in total. The van der Waals surface area contributed by atoms with Gasteiger partial charge in [-0.25, -0.2) is 0 Å². The average Bonchev–Trinajstić information content (AvgIpc) is 3.06. The third-order valence-electron chi connectivity index (χ3n) is 4.96. The Morgan fingerprint density at radius 2 is 1.84 bits per heavy atom. The van der Waals surface area contributed by atoms with Gasteiger partial charge in [0.05, 0.1) is 0 Å². The third-order valence-corrected chi connectivity index (χ3v) is 5.19. The zero-order valence-corrected chi connectivity index (χ0v) is 14.7. The monoisotopic (exact) mass is 353 g/mol. The summed E-state index contributed by atoms with van der Waals surface area (Å²) < 4.78 is 5.71. The van der Waals surface area contributed by atoms with Gasteiger partial charge in [0.1, 0.15) is 5.58 Å². The summed E-state index contributed by atoms with van der Waals surface area (Å²) in [5.74, 6) is 1.02. The van der Waals surface area contributed by atoms with E-state index in [2.05, 4.69) is 24.3 Å². The number of furan rings is 1. The van der Waals surface area contributed by atoms with Gasteiger partial charge in [-0.1, -0.05) is 41.9 Å². The van der Waals surface area contributed by atoms with Gasteiger partial charge in [-0.05, 0) is 55.0 Å². The Balaban J connectivity index is 1.40. The second kappa shape index (κ2) is 6.93. The fourth-order valence-corrected chi connectivity index (χ4v) is 3.74. The van der Waals surface area contributed by atoms with Crippen LogP contribution in [-0.2, 0) is 6.42 Å². The Morgan fingerprint density at radius 3 is 2.60 bits per heavy atom. The molecule has 4 heteroatoms. The number of amides is 1. The van der Waals surface area contributed by atoms with Crippen molar-refractivity contribution in [3.63, 3.8) is 0 Å². The summed E-state index contributed by atoms with van der Waals surface area (Å²) >= 11 is 6.00. The maximum absolute atomic E-state index is 12.7. The highest BCUT2D eigenvalue weighted by Gasteiger charge is 2.25. The number of rotatable bonds is 3. The van der Waals surface area contributed by atoms with Gasteiger partial charge in [0.15, 0.2) is 5.76 Å². The molecular formula is C21H20ClNO2. The Kier molecular flexibility index (Phi) is 4.50. The quantitative estimate of drug-likeness (QED) is 0.650. The average molecular weight is 354 g/mol. The fraction of sp³-hybridized carbons (Fsp3) is 0.286. The molecule has 2 aromatic carbocycles. The van der Waals surface area contributed by atoms with Crippen molar-refractivity contribution in [1.29, 1.82) is 0 Å². The Hall–Kier alpha value is -2.26. The maximum Gasteiger partial charge on any atom is 0.289 e. The van der Waals surface area contributed by atoms with Crippen molar-refractivity contribution in [1.82, 2.24) is 4.90 Å². The highest BCUT2D eigenvalue weighted by molar-refractivity contribution is 6.31. The maximum atomic E-state index is 12.7. The van der Waals surface area contributed by atoms with E-state index < -0.39 is 0 Å². The van der Waals surface area contributed by atoms with Crippen LogP contribution in [0.5, 0.6) is 0 Å². The largest absolute Gasteiger partial charge is 0.451 e. The predicted octanol–water partition coefficient (Wildman–Crippen LogP) is 5.18. The molecule has 25 heavy (non-hydrogen) atoms. The molecule has 0 aliphatic carbocycles. The minimum absolute atomic E-state index is 0.0227. The van der Waals surface area contributed by atoms with E-state index in [1.54, 1.807) is 18.2 Å². The lowest BCUT2D eigenvalue weighted by Gasteiger charge is -2.31. The molecule has 1 aromatic heterocycles. The molecule has 4 rings (SSSR count). The topological polar surface area (TPSA) is 33.5 Å². The summed E-state index contributed by atoms with van der Waals surface area (Å²) in [7, 11) is 0. The van der Waals surface area contributed by atoms with Crippen LogP contribution in [0.15, 0.2) is 59.0 Å². The molecule has 3 nitrogen and oxygen atoms in total. The van der Waals surface area contributed by atoms with E-state index in [1.807, 2.05) is 17.0 Å². The first-order valence-corrected chi connectivity index (χ1v) is 9.09. The smallest absolute Gasteiger partial charge is 0.289 e. The Morgan fingerprint density at radius 1 is 1.08 bits per heavy atom. The molecule has 0 radical (unpaired) electrons. The summed E-state index contributed by atoms with van der Waals surface area (Å²) in [6.07, 6.45) is 3.16. The van der Waals surface area contributed by atoms with Crippen LogP contribution in [0.2, 0.25) is 5.02 Å². The van der Waals surface area contributed by atoms with Gasteiger partial charge >= 0.3 is 0 Å². The van der Waals surface area contributed by atoms with E-state index in [9.17, 15) is 4.79 Å². The molecule has 0 saturated carbocycles. The molecule has 1 aliphatic rings. The zero-order chi connectivity index (χ0) is 17.2. The van der Waals surface area contributed by atoms with Crippen molar-refractivity contribution < 1.29 is 9.21 Å². The molecular weight excluding hydrogens is 334 g/mol. The van der Waals surface area contributed by atoms with Gasteiger partial charge in [-0.3, -0.25) is 4.79 Å². The van der Waals surface area contributed by atoms with Crippen molar-refractivity contribution in [3.8, 4) is 0 Å². The minimum Gasteiger partial charge on any atom is -0.451 e. The van der Waals surface area contributed by atoms with Crippen LogP contribution in [-0.4, -0.2) is 23.9 Å². The summed E-state index contributed by atoms with van der Waals surface area (Å²) in [4.78, 5) is 14.6. The van der Waals surface area contributed by atoms with Crippen molar-refractivity contribution in [2.24, 2.45) is 5.92 Å². The van der Waals surface area contributed by atoms with E-state index in [0.717, 1.165) is 37.7 Å². The first kappa shape index (κ1) is 16.2. The predicted molar refractivity (Wildman–Crippen MR) is 100.0 cm³/mol. The van der Waals surface area contributed by atoms with Crippen LogP contribution in [0.1, 0.15) is 29.0 Å². The van der Waals surface area contributed by atoms with E-state index in [4.69, 9.17) is 16.0 Å². The Labute approximate surface area is 152 Å². The number of hydrogen-bond donors (Lipinski definition) is 0. The molecule has 128 valence electrons. The van der Waals surface area contributed by atoms with Crippen molar-refractivity contribution >= 4 is 28.5 Å². The second-order valence-electron chi connectivity index (χ2n) is 6.72. The number of nitrogens with zero attached hydrogens (tertiary/aromatic N) is 1. The van der Waals surface area contributed by atoms with Crippen molar-refractivity contribution in [2.45, 2.75) is 19.3 Å². The number of likely N-dealkylation sites (tertiary alicyclic amines) is 1. The summed E-state index contributed by atoms with van der Waals surface area (Å²) in [6.45, 7) is 1.57. The van der Waals surface area contributed by atoms with Gasteiger partial charge in [-0.2, -0.15) is 0 Å². The number of halogens is 1. The summed E-state index contributed by atoms with van der Waals surface area (Å²) in [5.41, 5.74) is 2.08. The molecule has 1 fully saturated rings. The molecule has 0 spiro atoms. The molecule has 3 aromatic rings. The molecule has 2 heterocycles. The first-order chi connectivity index (χ1) is 12.2. The van der Waals surface area contributed by atoms with Gasteiger partial charge in [0.2, 0.25) is 0 Å². The number of carbonyl (C=O) groups excluding carboxylic acids is 1. The number of carbonyl (C=O) groups is 1. The van der Waals surface area contributed by atoms with Crippen LogP contribution in [0.3, 0.4) is 0 Å². The fourth-order valence-electron chi connectivity index (χ4n) is 3.56. The summed E-state index contributed by atoms with van der Waals surface area (Å²) in [6, 6.07) is 17.8. The van der Waals surface area contributed by atoms with Crippen LogP contribution >= 0.6 is 11.6 Å². The first-order valence-electron chi connectivity index (χ1n) is 8.71. The lowest BCUT2D eigenvalue weighted by atomic mass is 9.90. The van der Waals surface area contributed by atoms with Crippen LogP contribution in [0.25, 0.3) is 11.0 Å². The van der Waals surface area contributed by atoms with Crippen LogP contribution < -0.4 is 0 Å². The van der Waals surface area contributed by atoms with Gasteiger partial charge in [0, 0.05) is 23.5 Å².